The third-order valence-corrected chi connectivity index (χ3v) is 1.75. The summed E-state index contributed by atoms with van der Waals surface area (Å²) in [6, 6.07) is 0.476. The van der Waals surface area contributed by atoms with Gasteiger partial charge in [-0.3, -0.25) is 0 Å². The first-order valence-corrected chi connectivity index (χ1v) is 5.15. The minimum Gasteiger partial charge on any atom is -0.395 e. The monoisotopic (exact) mass is 189 g/mol. The van der Waals surface area contributed by atoms with Gasteiger partial charge < -0.3 is 15.2 Å². The van der Waals surface area contributed by atoms with Crippen molar-refractivity contribution in [3.8, 4) is 0 Å². The van der Waals surface area contributed by atoms with E-state index < -0.39 is 0 Å². The SMILES string of the molecule is CCCCOCC(CO)NC(C)C. The fourth-order valence-electron chi connectivity index (χ4n) is 1.10. The van der Waals surface area contributed by atoms with Gasteiger partial charge in [-0.05, 0) is 6.42 Å². The Morgan fingerprint density at radius 1 is 1.38 bits per heavy atom. The van der Waals surface area contributed by atoms with Crippen molar-refractivity contribution in [2.75, 3.05) is 19.8 Å². The van der Waals surface area contributed by atoms with Crippen molar-refractivity contribution in [2.24, 2.45) is 0 Å². The van der Waals surface area contributed by atoms with E-state index in [1.165, 1.54) is 0 Å². The lowest BCUT2D eigenvalue weighted by Crippen LogP contribution is -2.40. The van der Waals surface area contributed by atoms with Gasteiger partial charge in [-0.2, -0.15) is 0 Å². The summed E-state index contributed by atoms with van der Waals surface area (Å²) in [5, 5.41) is 12.2. The van der Waals surface area contributed by atoms with Gasteiger partial charge in [0.1, 0.15) is 0 Å². The van der Waals surface area contributed by atoms with Crippen molar-refractivity contribution >= 4 is 0 Å². The maximum Gasteiger partial charge on any atom is 0.0642 e. The van der Waals surface area contributed by atoms with Crippen LogP contribution in [0, 0.1) is 0 Å². The summed E-state index contributed by atoms with van der Waals surface area (Å²) < 4.78 is 5.41. The molecule has 0 spiro atoms. The summed E-state index contributed by atoms with van der Waals surface area (Å²) in [6.07, 6.45) is 2.25. The number of hydrogen-bond acceptors (Lipinski definition) is 3. The van der Waals surface area contributed by atoms with E-state index in [0.717, 1.165) is 19.4 Å². The molecule has 0 saturated heterocycles. The maximum atomic E-state index is 8.99. The van der Waals surface area contributed by atoms with E-state index in [0.29, 0.717) is 12.6 Å². The molecule has 0 rings (SSSR count). The van der Waals surface area contributed by atoms with Crippen LogP contribution in [-0.2, 0) is 4.74 Å². The third kappa shape index (κ3) is 8.22. The highest BCUT2D eigenvalue weighted by molar-refractivity contribution is 4.66. The average Bonchev–Trinajstić information content (AvgIpc) is 2.09. The van der Waals surface area contributed by atoms with Gasteiger partial charge in [-0.15, -0.1) is 0 Å². The summed E-state index contributed by atoms with van der Waals surface area (Å²) in [7, 11) is 0. The van der Waals surface area contributed by atoms with Crippen LogP contribution in [-0.4, -0.2) is 37.0 Å². The van der Waals surface area contributed by atoms with E-state index in [1.54, 1.807) is 0 Å². The number of rotatable bonds is 8. The second-order valence-corrected chi connectivity index (χ2v) is 3.63. The van der Waals surface area contributed by atoms with Gasteiger partial charge in [-0.1, -0.05) is 27.2 Å². The largest absolute Gasteiger partial charge is 0.395 e. The molecule has 0 aliphatic heterocycles. The summed E-state index contributed by atoms with van der Waals surface area (Å²) in [5.74, 6) is 0. The standard InChI is InChI=1S/C10H23NO2/c1-4-5-6-13-8-10(7-12)11-9(2)3/h9-12H,4-8H2,1-3H3. The molecule has 0 aliphatic rings. The van der Waals surface area contributed by atoms with Crippen LogP contribution in [0.2, 0.25) is 0 Å². The maximum absolute atomic E-state index is 8.99. The predicted octanol–water partition coefficient (Wildman–Crippen LogP) is 1.16. The first-order valence-electron chi connectivity index (χ1n) is 5.15. The molecule has 0 radical (unpaired) electrons. The predicted molar refractivity (Wildman–Crippen MR) is 54.9 cm³/mol. The Kier molecular flexibility index (Phi) is 8.40. The lowest BCUT2D eigenvalue weighted by molar-refractivity contribution is 0.0840. The lowest BCUT2D eigenvalue weighted by atomic mass is 10.3. The van der Waals surface area contributed by atoms with E-state index in [2.05, 4.69) is 26.1 Å². The van der Waals surface area contributed by atoms with Crippen LogP contribution in [0.25, 0.3) is 0 Å². The molecule has 2 N–H and O–H groups in total. The normalized spacial score (nSPS) is 13.6. The fourth-order valence-corrected chi connectivity index (χ4v) is 1.10. The van der Waals surface area contributed by atoms with Crippen molar-refractivity contribution in [1.29, 1.82) is 0 Å². The second-order valence-electron chi connectivity index (χ2n) is 3.63. The Labute approximate surface area is 81.5 Å². The van der Waals surface area contributed by atoms with Crippen molar-refractivity contribution in [3.05, 3.63) is 0 Å². The summed E-state index contributed by atoms with van der Waals surface area (Å²) in [5.41, 5.74) is 0. The van der Waals surface area contributed by atoms with Crippen LogP contribution < -0.4 is 5.32 Å². The van der Waals surface area contributed by atoms with E-state index in [1.807, 2.05) is 0 Å². The number of aliphatic hydroxyl groups is 1. The Balaban J connectivity index is 3.36. The topological polar surface area (TPSA) is 41.5 Å². The number of unbranched alkanes of at least 4 members (excludes halogenated alkanes) is 1. The van der Waals surface area contributed by atoms with E-state index >= 15 is 0 Å². The number of nitrogens with one attached hydrogen (secondary N) is 1. The molecule has 0 bridgehead atoms. The fraction of sp³-hybridized carbons (Fsp3) is 1.00. The van der Waals surface area contributed by atoms with Gasteiger partial charge in [0.15, 0.2) is 0 Å². The zero-order chi connectivity index (χ0) is 10.1. The van der Waals surface area contributed by atoms with Crippen LogP contribution in [0.15, 0.2) is 0 Å². The summed E-state index contributed by atoms with van der Waals surface area (Å²) in [6.45, 7) is 7.81. The van der Waals surface area contributed by atoms with Crippen LogP contribution in [0.1, 0.15) is 33.6 Å². The van der Waals surface area contributed by atoms with Crippen molar-refractivity contribution in [2.45, 2.75) is 45.7 Å². The quantitative estimate of drug-likeness (QED) is 0.563. The van der Waals surface area contributed by atoms with E-state index in [9.17, 15) is 0 Å². The number of aliphatic hydroxyl groups excluding tert-OH is 1. The van der Waals surface area contributed by atoms with Crippen molar-refractivity contribution in [3.63, 3.8) is 0 Å². The molecule has 13 heavy (non-hydrogen) atoms. The van der Waals surface area contributed by atoms with E-state index in [-0.39, 0.29) is 12.6 Å². The average molecular weight is 189 g/mol. The number of hydrogen-bond donors (Lipinski definition) is 2. The molecule has 1 atom stereocenters. The van der Waals surface area contributed by atoms with Gasteiger partial charge in [-0.25, -0.2) is 0 Å². The van der Waals surface area contributed by atoms with Crippen LogP contribution in [0.3, 0.4) is 0 Å². The lowest BCUT2D eigenvalue weighted by Gasteiger charge is -2.18. The molecule has 3 nitrogen and oxygen atoms in total. The minimum atomic E-state index is 0.0804. The highest BCUT2D eigenvalue weighted by atomic mass is 16.5. The van der Waals surface area contributed by atoms with Gasteiger partial charge in [0.2, 0.25) is 0 Å². The zero-order valence-electron chi connectivity index (χ0n) is 9.05. The molecule has 0 aromatic heterocycles. The third-order valence-electron chi connectivity index (χ3n) is 1.75. The van der Waals surface area contributed by atoms with Gasteiger partial charge in [0, 0.05) is 12.6 Å². The van der Waals surface area contributed by atoms with Crippen molar-refractivity contribution in [1.82, 2.24) is 5.32 Å². The highest BCUT2D eigenvalue weighted by Gasteiger charge is 2.07. The molecule has 0 aromatic carbocycles. The molecule has 3 heteroatoms. The zero-order valence-corrected chi connectivity index (χ0v) is 9.05. The Morgan fingerprint density at radius 2 is 2.08 bits per heavy atom. The molecule has 0 saturated carbocycles. The Morgan fingerprint density at radius 3 is 2.54 bits per heavy atom. The first-order chi connectivity index (χ1) is 6.20. The molecule has 0 aliphatic carbocycles. The summed E-state index contributed by atoms with van der Waals surface area (Å²) >= 11 is 0. The second kappa shape index (κ2) is 8.48. The van der Waals surface area contributed by atoms with E-state index in [4.69, 9.17) is 9.84 Å². The van der Waals surface area contributed by atoms with Gasteiger partial charge in [0.05, 0.1) is 19.3 Å². The molecular weight excluding hydrogens is 166 g/mol. The number of ether oxygens (including phenoxy) is 1. The van der Waals surface area contributed by atoms with Gasteiger partial charge in [0.25, 0.3) is 0 Å². The molecular formula is C10H23NO2. The van der Waals surface area contributed by atoms with Gasteiger partial charge >= 0.3 is 0 Å². The van der Waals surface area contributed by atoms with Crippen LogP contribution in [0.5, 0.6) is 0 Å². The molecule has 0 heterocycles. The summed E-state index contributed by atoms with van der Waals surface area (Å²) in [4.78, 5) is 0. The highest BCUT2D eigenvalue weighted by Crippen LogP contribution is 1.92. The first kappa shape index (κ1) is 12.9. The van der Waals surface area contributed by atoms with Crippen LogP contribution in [0.4, 0.5) is 0 Å². The smallest absolute Gasteiger partial charge is 0.0642 e. The molecule has 0 aromatic rings. The Hall–Kier alpha value is -0.120. The molecule has 80 valence electrons. The Bertz CT molecular complexity index is 107. The van der Waals surface area contributed by atoms with Crippen LogP contribution >= 0.6 is 0 Å². The molecule has 1 unspecified atom stereocenters. The molecule has 0 fully saturated rings. The van der Waals surface area contributed by atoms with Crippen molar-refractivity contribution < 1.29 is 9.84 Å². The minimum absolute atomic E-state index is 0.0804. The molecule has 0 amide bonds.